The average molecular weight is 244 g/mol. The summed E-state index contributed by atoms with van der Waals surface area (Å²) in [6.45, 7) is 3.21. The van der Waals surface area contributed by atoms with Crippen LogP contribution in [0.4, 0.5) is 5.69 Å². The summed E-state index contributed by atoms with van der Waals surface area (Å²) in [6.07, 6.45) is 1.53. The molecule has 0 bridgehead atoms. The molecule has 1 amide bonds. The maximum absolute atomic E-state index is 12.1. The zero-order valence-corrected chi connectivity index (χ0v) is 10.4. The summed E-state index contributed by atoms with van der Waals surface area (Å²) in [7, 11) is 0. The molecule has 1 aliphatic heterocycles. The number of rotatable bonds is 2. The van der Waals surface area contributed by atoms with Crippen LogP contribution in [-0.2, 0) is 9.53 Å². The molecule has 94 valence electrons. The van der Waals surface area contributed by atoms with Crippen LogP contribution < -0.4 is 5.32 Å². The van der Waals surface area contributed by atoms with E-state index in [9.17, 15) is 4.79 Å². The molecule has 0 spiro atoms. The maximum atomic E-state index is 12.1. The van der Waals surface area contributed by atoms with Crippen molar-refractivity contribution in [2.45, 2.75) is 19.8 Å². The first kappa shape index (κ1) is 12.6. The van der Waals surface area contributed by atoms with Crippen molar-refractivity contribution in [3.63, 3.8) is 0 Å². The minimum atomic E-state index is 0.0175. The summed E-state index contributed by atoms with van der Waals surface area (Å²) in [5.41, 5.74) is 2.25. The third kappa shape index (κ3) is 2.88. The highest BCUT2D eigenvalue weighted by Gasteiger charge is 2.21. The summed E-state index contributed by atoms with van der Waals surface area (Å²) < 4.78 is 5.24. The number of benzene rings is 1. The molecule has 1 aliphatic rings. The molecule has 2 rings (SSSR count). The van der Waals surface area contributed by atoms with Gasteiger partial charge in [0.15, 0.2) is 0 Å². The van der Waals surface area contributed by atoms with Crippen LogP contribution >= 0.6 is 0 Å². The molecule has 1 heterocycles. The van der Waals surface area contributed by atoms with Crippen LogP contribution in [0.5, 0.6) is 0 Å². The van der Waals surface area contributed by atoms with Gasteiger partial charge in [-0.3, -0.25) is 4.79 Å². The lowest BCUT2D eigenvalue weighted by Crippen LogP contribution is -2.28. The van der Waals surface area contributed by atoms with Gasteiger partial charge in [-0.1, -0.05) is 6.07 Å². The van der Waals surface area contributed by atoms with E-state index in [4.69, 9.17) is 10.00 Å². The Balaban J connectivity index is 2.08. The quantitative estimate of drug-likeness (QED) is 0.867. The van der Waals surface area contributed by atoms with E-state index in [0.29, 0.717) is 18.8 Å². The fraction of sp³-hybridized carbons (Fsp3) is 0.429. The highest BCUT2D eigenvalue weighted by molar-refractivity contribution is 5.93. The SMILES string of the molecule is Cc1ccc(C#N)cc1NC(=O)C1CCOCC1. The summed E-state index contributed by atoms with van der Waals surface area (Å²) in [5.74, 6) is 0.0420. The van der Waals surface area contributed by atoms with E-state index in [1.807, 2.05) is 13.0 Å². The van der Waals surface area contributed by atoms with Crippen molar-refractivity contribution in [2.75, 3.05) is 18.5 Å². The Morgan fingerprint density at radius 3 is 2.83 bits per heavy atom. The number of aryl methyl sites for hydroxylation is 1. The van der Waals surface area contributed by atoms with Gasteiger partial charge in [0, 0.05) is 24.8 Å². The molecule has 1 saturated heterocycles. The van der Waals surface area contributed by atoms with E-state index in [-0.39, 0.29) is 11.8 Å². The van der Waals surface area contributed by atoms with Gasteiger partial charge in [-0.2, -0.15) is 5.26 Å². The van der Waals surface area contributed by atoms with Crippen molar-refractivity contribution >= 4 is 11.6 Å². The van der Waals surface area contributed by atoms with Gasteiger partial charge in [0.05, 0.1) is 11.6 Å². The predicted octanol–water partition coefficient (Wildman–Crippen LogP) is 2.23. The van der Waals surface area contributed by atoms with Crippen LogP contribution in [0.3, 0.4) is 0 Å². The number of carbonyl (C=O) groups is 1. The van der Waals surface area contributed by atoms with Crippen LogP contribution in [-0.4, -0.2) is 19.1 Å². The van der Waals surface area contributed by atoms with Crippen molar-refractivity contribution in [3.8, 4) is 6.07 Å². The van der Waals surface area contributed by atoms with Crippen LogP contribution in [0.1, 0.15) is 24.0 Å². The molecule has 4 heteroatoms. The molecule has 1 aromatic rings. The Hall–Kier alpha value is -1.86. The van der Waals surface area contributed by atoms with Gasteiger partial charge >= 0.3 is 0 Å². The molecular formula is C14H16N2O2. The van der Waals surface area contributed by atoms with Crippen molar-refractivity contribution in [3.05, 3.63) is 29.3 Å². The molecule has 0 unspecified atom stereocenters. The second-order valence-electron chi connectivity index (χ2n) is 4.52. The van der Waals surface area contributed by atoms with E-state index in [1.165, 1.54) is 0 Å². The van der Waals surface area contributed by atoms with Gasteiger partial charge in [-0.25, -0.2) is 0 Å². The molecule has 4 nitrogen and oxygen atoms in total. The summed E-state index contributed by atoms with van der Waals surface area (Å²) >= 11 is 0. The van der Waals surface area contributed by atoms with Crippen molar-refractivity contribution in [1.82, 2.24) is 0 Å². The Morgan fingerprint density at radius 1 is 1.44 bits per heavy atom. The first-order valence-corrected chi connectivity index (χ1v) is 6.10. The molecule has 0 saturated carbocycles. The van der Waals surface area contributed by atoms with Crippen LogP contribution in [0.2, 0.25) is 0 Å². The monoisotopic (exact) mass is 244 g/mol. The molecule has 18 heavy (non-hydrogen) atoms. The predicted molar refractivity (Wildman–Crippen MR) is 68.1 cm³/mol. The minimum absolute atomic E-state index is 0.0175. The number of hydrogen-bond acceptors (Lipinski definition) is 3. The fourth-order valence-electron chi connectivity index (χ4n) is 2.02. The zero-order valence-electron chi connectivity index (χ0n) is 10.4. The van der Waals surface area contributed by atoms with E-state index in [0.717, 1.165) is 24.1 Å². The second kappa shape index (κ2) is 5.65. The highest BCUT2D eigenvalue weighted by Crippen LogP contribution is 2.20. The molecule has 1 fully saturated rings. The molecule has 0 aromatic heterocycles. The number of amides is 1. The average Bonchev–Trinajstić information content (AvgIpc) is 2.42. The number of carbonyl (C=O) groups excluding carboxylic acids is 1. The Morgan fingerprint density at radius 2 is 2.17 bits per heavy atom. The van der Waals surface area contributed by atoms with Gasteiger partial charge in [-0.15, -0.1) is 0 Å². The number of nitriles is 1. The van der Waals surface area contributed by atoms with Gasteiger partial charge in [0.25, 0.3) is 0 Å². The zero-order chi connectivity index (χ0) is 13.0. The number of hydrogen-bond donors (Lipinski definition) is 1. The number of nitrogens with one attached hydrogen (secondary N) is 1. The van der Waals surface area contributed by atoms with Gasteiger partial charge in [0.2, 0.25) is 5.91 Å². The Labute approximate surface area is 107 Å². The molecule has 1 aromatic carbocycles. The fourth-order valence-corrected chi connectivity index (χ4v) is 2.02. The molecule has 0 radical (unpaired) electrons. The topological polar surface area (TPSA) is 62.1 Å². The van der Waals surface area contributed by atoms with E-state index >= 15 is 0 Å². The van der Waals surface area contributed by atoms with Crippen molar-refractivity contribution in [2.24, 2.45) is 5.92 Å². The normalized spacial score (nSPS) is 16.0. The van der Waals surface area contributed by atoms with Gasteiger partial charge in [-0.05, 0) is 37.5 Å². The molecule has 1 N–H and O–H groups in total. The number of ether oxygens (including phenoxy) is 1. The van der Waals surface area contributed by atoms with Crippen LogP contribution in [0.25, 0.3) is 0 Å². The first-order chi connectivity index (χ1) is 8.70. The standard InChI is InChI=1S/C14H16N2O2/c1-10-2-3-11(9-15)8-13(10)16-14(17)12-4-6-18-7-5-12/h2-3,8,12H,4-7H2,1H3,(H,16,17). The van der Waals surface area contributed by atoms with E-state index < -0.39 is 0 Å². The van der Waals surface area contributed by atoms with Crippen LogP contribution in [0.15, 0.2) is 18.2 Å². The molecule has 0 aliphatic carbocycles. The third-order valence-corrected chi connectivity index (χ3v) is 3.22. The Bertz CT molecular complexity index is 485. The van der Waals surface area contributed by atoms with Crippen LogP contribution in [0, 0.1) is 24.2 Å². The lowest BCUT2D eigenvalue weighted by Gasteiger charge is -2.21. The molecular weight excluding hydrogens is 228 g/mol. The lowest BCUT2D eigenvalue weighted by atomic mass is 9.99. The summed E-state index contributed by atoms with van der Waals surface area (Å²) in [6, 6.07) is 7.39. The van der Waals surface area contributed by atoms with Crippen molar-refractivity contribution in [1.29, 1.82) is 5.26 Å². The smallest absolute Gasteiger partial charge is 0.227 e. The summed E-state index contributed by atoms with van der Waals surface area (Å²) in [5, 5.41) is 11.8. The highest BCUT2D eigenvalue weighted by atomic mass is 16.5. The second-order valence-corrected chi connectivity index (χ2v) is 4.52. The van der Waals surface area contributed by atoms with Gasteiger partial charge in [0.1, 0.15) is 0 Å². The maximum Gasteiger partial charge on any atom is 0.227 e. The van der Waals surface area contributed by atoms with Gasteiger partial charge < -0.3 is 10.1 Å². The first-order valence-electron chi connectivity index (χ1n) is 6.10. The number of nitrogens with zero attached hydrogens (tertiary/aromatic N) is 1. The largest absolute Gasteiger partial charge is 0.381 e. The van der Waals surface area contributed by atoms with Crippen molar-refractivity contribution < 1.29 is 9.53 Å². The lowest BCUT2D eigenvalue weighted by molar-refractivity contribution is -0.122. The molecule has 0 atom stereocenters. The van der Waals surface area contributed by atoms with E-state index in [2.05, 4.69) is 11.4 Å². The number of anilines is 1. The van der Waals surface area contributed by atoms with E-state index in [1.54, 1.807) is 12.1 Å². The minimum Gasteiger partial charge on any atom is -0.381 e. The third-order valence-electron chi connectivity index (χ3n) is 3.22. The Kier molecular flexibility index (Phi) is 3.96. The summed E-state index contributed by atoms with van der Waals surface area (Å²) in [4.78, 5) is 12.1.